The molecule has 1 aliphatic carbocycles. The van der Waals surface area contributed by atoms with E-state index in [1.807, 2.05) is 18.2 Å². The summed E-state index contributed by atoms with van der Waals surface area (Å²) in [6, 6.07) is 5.73. The summed E-state index contributed by atoms with van der Waals surface area (Å²) in [5.41, 5.74) is 0.940. The minimum absolute atomic E-state index is 0.232. The Morgan fingerprint density at radius 2 is 2.05 bits per heavy atom. The molecule has 0 aromatic carbocycles. The molecule has 1 N–H and O–H groups in total. The number of nitrogens with zero attached hydrogens (tertiary/aromatic N) is 1. The van der Waals surface area contributed by atoms with E-state index in [9.17, 15) is 8.42 Å². The van der Waals surface area contributed by atoms with Gasteiger partial charge < -0.3 is 5.32 Å². The van der Waals surface area contributed by atoms with E-state index in [-0.39, 0.29) is 5.75 Å². The Bertz CT molecular complexity index is 467. The number of hydrogen-bond acceptors (Lipinski definition) is 4. The molecule has 19 heavy (non-hydrogen) atoms. The molecule has 4 nitrogen and oxygen atoms in total. The van der Waals surface area contributed by atoms with E-state index in [1.54, 1.807) is 6.20 Å². The minimum atomic E-state index is -2.90. The number of nitrogens with one attached hydrogen (secondary N) is 1. The second kappa shape index (κ2) is 7.01. The first kappa shape index (κ1) is 14.5. The fourth-order valence-electron chi connectivity index (χ4n) is 2.57. The number of pyridine rings is 1. The lowest BCUT2D eigenvalue weighted by atomic mass is 10.1. The molecule has 1 aliphatic rings. The van der Waals surface area contributed by atoms with E-state index in [0.29, 0.717) is 24.8 Å². The molecule has 1 saturated carbocycles. The molecule has 1 aromatic rings. The van der Waals surface area contributed by atoms with Crippen molar-refractivity contribution in [1.82, 2.24) is 10.3 Å². The first-order chi connectivity index (χ1) is 9.16. The molecular formula is C14H22N2O2S. The summed E-state index contributed by atoms with van der Waals surface area (Å²) >= 11 is 0. The van der Waals surface area contributed by atoms with Crippen molar-refractivity contribution >= 4 is 9.84 Å². The highest BCUT2D eigenvalue weighted by atomic mass is 32.2. The van der Waals surface area contributed by atoms with Crippen LogP contribution in [0.3, 0.4) is 0 Å². The van der Waals surface area contributed by atoms with Crippen molar-refractivity contribution < 1.29 is 8.42 Å². The summed E-state index contributed by atoms with van der Waals surface area (Å²) in [5, 5.41) is 3.14. The Kier molecular flexibility index (Phi) is 5.34. The summed E-state index contributed by atoms with van der Waals surface area (Å²) in [7, 11) is -2.90. The molecule has 0 amide bonds. The molecule has 0 unspecified atom stereocenters. The van der Waals surface area contributed by atoms with Crippen molar-refractivity contribution in [2.45, 2.75) is 32.2 Å². The van der Waals surface area contributed by atoms with Crippen LogP contribution in [0, 0.1) is 5.92 Å². The van der Waals surface area contributed by atoms with Gasteiger partial charge in [-0.2, -0.15) is 0 Å². The molecule has 106 valence electrons. The normalized spacial score (nSPS) is 16.8. The quantitative estimate of drug-likeness (QED) is 0.774. The van der Waals surface area contributed by atoms with E-state index in [2.05, 4.69) is 10.3 Å². The molecule has 1 aromatic heterocycles. The SMILES string of the molecule is O=S(=O)(CCNCc1ccccn1)CC1CCCC1. The van der Waals surface area contributed by atoms with E-state index in [4.69, 9.17) is 0 Å². The van der Waals surface area contributed by atoms with Crippen molar-refractivity contribution in [3.8, 4) is 0 Å². The Morgan fingerprint density at radius 1 is 1.26 bits per heavy atom. The maximum absolute atomic E-state index is 11.9. The molecule has 5 heteroatoms. The Labute approximate surface area is 115 Å². The highest BCUT2D eigenvalue weighted by molar-refractivity contribution is 7.91. The maximum Gasteiger partial charge on any atom is 0.151 e. The second-order valence-corrected chi connectivity index (χ2v) is 7.49. The lowest BCUT2D eigenvalue weighted by Gasteiger charge is -2.10. The first-order valence-corrected chi connectivity index (χ1v) is 8.79. The Balaban J connectivity index is 1.66. The van der Waals surface area contributed by atoms with Crippen molar-refractivity contribution in [3.05, 3.63) is 30.1 Å². The topological polar surface area (TPSA) is 59.1 Å². The molecule has 0 atom stereocenters. The number of sulfone groups is 1. The highest BCUT2D eigenvalue weighted by Crippen LogP contribution is 2.25. The smallest absolute Gasteiger partial charge is 0.151 e. The molecule has 0 aliphatic heterocycles. The van der Waals surface area contributed by atoms with Crippen LogP contribution in [0.25, 0.3) is 0 Å². The second-order valence-electron chi connectivity index (χ2n) is 5.26. The molecule has 0 spiro atoms. The van der Waals surface area contributed by atoms with Crippen molar-refractivity contribution in [1.29, 1.82) is 0 Å². The van der Waals surface area contributed by atoms with Crippen LogP contribution >= 0.6 is 0 Å². The summed E-state index contributed by atoms with van der Waals surface area (Å²) in [4.78, 5) is 4.18. The largest absolute Gasteiger partial charge is 0.310 e. The third kappa shape index (κ3) is 5.28. The van der Waals surface area contributed by atoms with Gasteiger partial charge >= 0.3 is 0 Å². The lowest BCUT2D eigenvalue weighted by molar-refractivity contribution is 0.555. The summed E-state index contributed by atoms with van der Waals surface area (Å²) in [6.45, 7) is 1.13. The molecule has 0 saturated heterocycles. The van der Waals surface area contributed by atoms with E-state index in [0.717, 1.165) is 18.5 Å². The average molecular weight is 282 g/mol. The molecule has 2 rings (SSSR count). The van der Waals surface area contributed by atoms with Crippen LogP contribution in [0.4, 0.5) is 0 Å². The molecule has 1 fully saturated rings. The Hall–Kier alpha value is -0.940. The zero-order valence-electron chi connectivity index (χ0n) is 11.2. The number of hydrogen-bond donors (Lipinski definition) is 1. The van der Waals surface area contributed by atoms with Gasteiger partial charge in [-0.25, -0.2) is 8.42 Å². The standard InChI is InChI=1S/C14H22N2O2S/c17-19(18,12-13-5-1-2-6-13)10-9-15-11-14-7-3-4-8-16-14/h3-4,7-8,13,15H,1-2,5-6,9-12H2. The van der Waals surface area contributed by atoms with E-state index >= 15 is 0 Å². The van der Waals surface area contributed by atoms with Gasteiger partial charge in [0.1, 0.15) is 0 Å². The summed E-state index contributed by atoms with van der Waals surface area (Å²) in [5.74, 6) is 1.01. The van der Waals surface area contributed by atoms with Gasteiger partial charge in [-0.3, -0.25) is 4.98 Å². The van der Waals surface area contributed by atoms with E-state index < -0.39 is 9.84 Å². The van der Waals surface area contributed by atoms with Crippen LogP contribution in [0.2, 0.25) is 0 Å². The molecule has 0 bridgehead atoms. The van der Waals surface area contributed by atoms with Gasteiger partial charge in [-0.1, -0.05) is 18.9 Å². The fraction of sp³-hybridized carbons (Fsp3) is 0.643. The fourth-order valence-corrected chi connectivity index (χ4v) is 4.24. The zero-order valence-corrected chi connectivity index (χ0v) is 12.0. The minimum Gasteiger partial charge on any atom is -0.310 e. The molecule has 0 radical (unpaired) electrons. The maximum atomic E-state index is 11.9. The van der Waals surface area contributed by atoms with Gasteiger partial charge in [0.25, 0.3) is 0 Å². The molecule has 1 heterocycles. The van der Waals surface area contributed by atoms with Crippen LogP contribution in [0.15, 0.2) is 24.4 Å². The third-order valence-corrected chi connectivity index (χ3v) is 5.39. The molecular weight excluding hydrogens is 260 g/mol. The highest BCUT2D eigenvalue weighted by Gasteiger charge is 2.22. The predicted octanol–water partition coefficient (Wildman–Crippen LogP) is 1.78. The van der Waals surface area contributed by atoms with Crippen LogP contribution in [0.5, 0.6) is 0 Å². The van der Waals surface area contributed by atoms with Crippen molar-refractivity contribution in [2.24, 2.45) is 5.92 Å². The van der Waals surface area contributed by atoms with Crippen LogP contribution in [0.1, 0.15) is 31.4 Å². The zero-order chi connectivity index (χ0) is 13.6. The van der Waals surface area contributed by atoms with Crippen molar-refractivity contribution in [3.63, 3.8) is 0 Å². The first-order valence-electron chi connectivity index (χ1n) is 6.97. The van der Waals surface area contributed by atoms with Gasteiger partial charge in [0.15, 0.2) is 9.84 Å². The van der Waals surface area contributed by atoms with Gasteiger partial charge in [0, 0.05) is 19.3 Å². The predicted molar refractivity (Wildman–Crippen MR) is 76.6 cm³/mol. The third-order valence-electron chi connectivity index (χ3n) is 3.59. The Morgan fingerprint density at radius 3 is 2.74 bits per heavy atom. The van der Waals surface area contributed by atoms with Crippen molar-refractivity contribution in [2.75, 3.05) is 18.1 Å². The van der Waals surface area contributed by atoms with Gasteiger partial charge in [0.05, 0.1) is 17.2 Å². The van der Waals surface area contributed by atoms with Gasteiger partial charge in [0.2, 0.25) is 0 Å². The summed E-state index contributed by atoms with van der Waals surface area (Å²) in [6.07, 6.45) is 6.30. The lowest BCUT2D eigenvalue weighted by Crippen LogP contribution is -2.26. The monoisotopic (exact) mass is 282 g/mol. The van der Waals surface area contributed by atoms with Gasteiger partial charge in [-0.15, -0.1) is 0 Å². The van der Waals surface area contributed by atoms with E-state index in [1.165, 1.54) is 12.8 Å². The summed E-state index contributed by atoms with van der Waals surface area (Å²) < 4.78 is 23.9. The van der Waals surface area contributed by atoms with Gasteiger partial charge in [-0.05, 0) is 30.9 Å². The number of rotatable bonds is 7. The van der Waals surface area contributed by atoms with Crippen LogP contribution in [-0.4, -0.2) is 31.5 Å². The average Bonchev–Trinajstić information content (AvgIpc) is 2.88. The number of aromatic nitrogens is 1. The van der Waals surface area contributed by atoms with Crippen LogP contribution in [-0.2, 0) is 16.4 Å². The van der Waals surface area contributed by atoms with Crippen LogP contribution < -0.4 is 5.32 Å².